The predicted molar refractivity (Wildman–Crippen MR) is 98.3 cm³/mol. The zero-order valence-electron chi connectivity index (χ0n) is 15.6. The van der Waals surface area contributed by atoms with Gasteiger partial charge in [-0.1, -0.05) is 0 Å². The van der Waals surface area contributed by atoms with Crippen molar-refractivity contribution in [2.24, 2.45) is 7.05 Å². The largest absolute Gasteiger partial charge is 0.372 e. The van der Waals surface area contributed by atoms with Gasteiger partial charge in [-0.3, -0.25) is 9.58 Å². The summed E-state index contributed by atoms with van der Waals surface area (Å²) in [5.41, 5.74) is 5.17. The average Bonchev–Trinajstić information content (AvgIpc) is 3.21. The van der Waals surface area contributed by atoms with E-state index in [1.807, 2.05) is 17.9 Å². The molecule has 1 atom stereocenters. The number of likely N-dealkylation sites (N-methyl/N-ethyl adjacent to an activating group) is 1. The zero-order valence-corrected chi connectivity index (χ0v) is 15.6. The molecule has 0 saturated carbocycles. The summed E-state index contributed by atoms with van der Waals surface area (Å²) in [5, 5.41) is 13.3. The Kier molecular flexibility index (Phi) is 3.94. The first-order valence-electron chi connectivity index (χ1n) is 9.62. The number of nitrogens with zero attached hydrogens (tertiary/aromatic N) is 6. The van der Waals surface area contributed by atoms with Crippen molar-refractivity contribution in [2.45, 2.75) is 37.8 Å². The number of hydrogen-bond donors (Lipinski definition) is 0. The molecule has 2 aromatic rings. The summed E-state index contributed by atoms with van der Waals surface area (Å²) in [6.07, 6.45) is 6.52. The number of fused-ring (bicyclic) bond motifs is 2. The molecule has 1 fully saturated rings. The van der Waals surface area contributed by atoms with Crippen LogP contribution in [0.3, 0.4) is 0 Å². The molecule has 2 aromatic heterocycles. The summed E-state index contributed by atoms with van der Waals surface area (Å²) in [5.74, 6) is 1.04. The summed E-state index contributed by atoms with van der Waals surface area (Å²) in [4.78, 5) is 4.76. The smallest absolute Gasteiger partial charge is 0.151 e. The number of aryl methyl sites for hydroxylation is 3. The maximum absolute atomic E-state index is 6.04. The van der Waals surface area contributed by atoms with Crippen molar-refractivity contribution in [3.8, 4) is 0 Å². The molecule has 5 rings (SSSR count). The van der Waals surface area contributed by atoms with Crippen LogP contribution in [0.5, 0.6) is 0 Å². The molecular weight excluding hydrogens is 328 g/mol. The highest BCUT2D eigenvalue weighted by atomic mass is 16.5. The molecule has 138 valence electrons. The fraction of sp³-hybridized carbons (Fsp3) is 0.632. The fourth-order valence-electron chi connectivity index (χ4n) is 4.40. The van der Waals surface area contributed by atoms with E-state index in [4.69, 9.17) is 4.74 Å². The highest BCUT2D eigenvalue weighted by molar-refractivity contribution is 5.45. The molecule has 7 nitrogen and oxygen atoms in total. The lowest BCUT2D eigenvalue weighted by Gasteiger charge is -2.45. The molecule has 0 spiro atoms. The third kappa shape index (κ3) is 2.70. The fourth-order valence-corrected chi connectivity index (χ4v) is 4.40. The Hall–Kier alpha value is -1.99. The highest BCUT2D eigenvalue weighted by Gasteiger charge is 2.34. The summed E-state index contributed by atoms with van der Waals surface area (Å²) < 4.78 is 8.03. The van der Waals surface area contributed by atoms with Gasteiger partial charge in [-0.15, -0.1) is 5.10 Å². The van der Waals surface area contributed by atoms with E-state index >= 15 is 0 Å². The van der Waals surface area contributed by atoms with Crippen LogP contribution in [0, 0.1) is 0 Å². The Balaban J connectivity index is 1.20. The molecule has 1 saturated heterocycles. The van der Waals surface area contributed by atoms with Gasteiger partial charge in [-0.2, -0.15) is 10.2 Å². The van der Waals surface area contributed by atoms with Crippen molar-refractivity contribution >= 4 is 5.82 Å². The van der Waals surface area contributed by atoms with E-state index < -0.39 is 0 Å². The van der Waals surface area contributed by atoms with E-state index in [0.29, 0.717) is 6.04 Å². The summed E-state index contributed by atoms with van der Waals surface area (Å²) in [6.45, 7) is 3.72. The minimum atomic E-state index is 0.131. The van der Waals surface area contributed by atoms with Gasteiger partial charge < -0.3 is 9.64 Å². The van der Waals surface area contributed by atoms with Crippen LogP contribution < -0.4 is 4.90 Å². The first-order chi connectivity index (χ1) is 12.7. The first-order valence-corrected chi connectivity index (χ1v) is 9.62. The van der Waals surface area contributed by atoms with Gasteiger partial charge in [0, 0.05) is 50.4 Å². The Morgan fingerprint density at radius 2 is 2.12 bits per heavy atom. The van der Waals surface area contributed by atoms with E-state index in [2.05, 4.69) is 38.2 Å². The van der Waals surface area contributed by atoms with Gasteiger partial charge >= 0.3 is 0 Å². The lowest BCUT2D eigenvalue weighted by molar-refractivity contribution is 0.00913. The SMILES string of the molecule is CN(CC1OCCc2c1cnn2C)C1CN(c2cc3c(nn2)CCC3)C1. The second kappa shape index (κ2) is 6.32. The maximum Gasteiger partial charge on any atom is 0.151 e. The minimum Gasteiger partial charge on any atom is -0.372 e. The monoisotopic (exact) mass is 354 g/mol. The molecule has 0 N–H and O–H groups in total. The van der Waals surface area contributed by atoms with Gasteiger partial charge in [0.25, 0.3) is 0 Å². The second-order valence-electron chi connectivity index (χ2n) is 7.81. The third-order valence-electron chi connectivity index (χ3n) is 6.17. The van der Waals surface area contributed by atoms with Crippen molar-refractivity contribution in [1.29, 1.82) is 0 Å². The predicted octanol–water partition coefficient (Wildman–Crippen LogP) is 1.13. The number of anilines is 1. The van der Waals surface area contributed by atoms with Gasteiger partial charge in [0.05, 0.1) is 24.6 Å². The molecule has 1 unspecified atom stereocenters. The van der Waals surface area contributed by atoms with E-state index in [-0.39, 0.29) is 6.10 Å². The molecule has 0 amide bonds. The van der Waals surface area contributed by atoms with Gasteiger partial charge in [0.1, 0.15) is 0 Å². The van der Waals surface area contributed by atoms with E-state index in [9.17, 15) is 0 Å². The van der Waals surface area contributed by atoms with Gasteiger partial charge in [0.15, 0.2) is 5.82 Å². The molecule has 0 aromatic carbocycles. The van der Waals surface area contributed by atoms with Gasteiger partial charge in [0.2, 0.25) is 0 Å². The molecule has 1 aliphatic carbocycles. The summed E-state index contributed by atoms with van der Waals surface area (Å²) >= 11 is 0. The lowest BCUT2D eigenvalue weighted by atomic mass is 10.0. The van der Waals surface area contributed by atoms with Crippen LogP contribution in [0.2, 0.25) is 0 Å². The standard InChI is InChI=1S/C19H26N6O/c1-23(12-18-15-9-20-24(2)17(15)6-7-26-18)14-10-25(11-14)19-8-13-4-3-5-16(13)21-22-19/h8-9,14,18H,3-7,10-12H2,1-2H3. The van der Waals surface area contributed by atoms with Crippen molar-refractivity contribution in [1.82, 2.24) is 24.9 Å². The van der Waals surface area contributed by atoms with E-state index in [0.717, 1.165) is 51.3 Å². The van der Waals surface area contributed by atoms with Crippen LogP contribution in [0.4, 0.5) is 5.82 Å². The number of rotatable bonds is 4. The van der Waals surface area contributed by atoms with Crippen molar-refractivity contribution in [3.05, 3.63) is 34.8 Å². The Bertz CT molecular complexity index is 812. The Labute approximate surface area is 153 Å². The average molecular weight is 354 g/mol. The minimum absolute atomic E-state index is 0.131. The summed E-state index contributed by atoms with van der Waals surface area (Å²) in [6, 6.07) is 2.79. The zero-order chi connectivity index (χ0) is 17.7. The number of aromatic nitrogens is 4. The molecule has 4 heterocycles. The Morgan fingerprint density at radius 3 is 3.00 bits per heavy atom. The van der Waals surface area contributed by atoms with Crippen LogP contribution in [-0.2, 0) is 31.0 Å². The van der Waals surface area contributed by atoms with Crippen LogP contribution >= 0.6 is 0 Å². The van der Waals surface area contributed by atoms with E-state index in [1.54, 1.807) is 0 Å². The molecule has 0 bridgehead atoms. The second-order valence-corrected chi connectivity index (χ2v) is 7.81. The van der Waals surface area contributed by atoms with Crippen LogP contribution in [0.15, 0.2) is 12.3 Å². The topological polar surface area (TPSA) is 59.3 Å². The molecule has 26 heavy (non-hydrogen) atoms. The summed E-state index contributed by atoms with van der Waals surface area (Å²) in [7, 11) is 4.22. The molecule has 7 heteroatoms. The Morgan fingerprint density at radius 1 is 1.23 bits per heavy atom. The molecule has 2 aliphatic heterocycles. The lowest BCUT2D eigenvalue weighted by Crippen LogP contribution is -2.59. The van der Waals surface area contributed by atoms with E-state index in [1.165, 1.54) is 28.9 Å². The van der Waals surface area contributed by atoms with Crippen molar-refractivity contribution in [3.63, 3.8) is 0 Å². The van der Waals surface area contributed by atoms with Gasteiger partial charge in [-0.05, 0) is 37.9 Å². The number of hydrogen-bond acceptors (Lipinski definition) is 6. The van der Waals surface area contributed by atoms with Gasteiger partial charge in [-0.25, -0.2) is 0 Å². The van der Waals surface area contributed by atoms with Crippen LogP contribution in [0.1, 0.15) is 35.0 Å². The van der Waals surface area contributed by atoms with Crippen LogP contribution in [0.25, 0.3) is 0 Å². The van der Waals surface area contributed by atoms with Crippen molar-refractivity contribution < 1.29 is 4.74 Å². The maximum atomic E-state index is 6.04. The quantitative estimate of drug-likeness (QED) is 0.820. The third-order valence-corrected chi connectivity index (χ3v) is 6.17. The highest BCUT2D eigenvalue weighted by Crippen LogP contribution is 2.30. The normalized spacial score (nSPS) is 22.4. The molecule has 0 radical (unpaired) electrons. The molecule has 3 aliphatic rings. The number of ether oxygens (including phenoxy) is 1. The van der Waals surface area contributed by atoms with Crippen molar-refractivity contribution in [2.75, 3.05) is 38.2 Å². The molecular formula is C19H26N6O. The van der Waals surface area contributed by atoms with Crippen LogP contribution in [-0.4, -0.2) is 64.2 Å². The first kappa shape index (κ1) is 16.2.